The fourth-order valence-corrected chi connectivity index (χ4v) is 4.33. The zero-order valence-corrected chi connectivity index (χ0v) is 17.5. The second-order valence-electron chi connectivity index (χ2n) is 7.14. The lowest BCUT2D eigenvalue weighted by Gasteiger charge is -2.29. The second-order valence-corrected chi connectivity index (χ2v) is 8.82. The van der Waals surface area contributed by atoms with Gasteiger partial charge in [-0.1, -0.05) is 6.07 Å². The highest BCUT2D eigenvalue weighted by Gasteiger charge is 2.21. The molecule has 3 rings (SSSR count). The number of carbonyl (C=O) groups excluding carboxylic acids is 1. The maximum Gasteiger partial charge on any atom is 0.261 e. The summed E-state index contributed by atoms with van der Waals surface area (Å²) in [5.41, 5.74) is 0.758. The number of amides is 1. The Morgan fingerprint density at radius 2 is 1.83 bits per heavy atom. The Balaban J connectivity index is 1.69. The maximum absolute atomic E-state index is 12.7. The Bertz CT molecular complexity index is 937. The van der Waals surface area contributed by atoms with Gasteiger partial charge in [-0.25, -0.2) is 8.42 Å². The number of rotatable bonds is 7. The Labute approximate surface area is 172 Å². The number of carbonyl (C=O) groups is 1. The fourth-order valence-electron chi connectivity index (χ4n) is 3.23. The molecule has 1 fully saturated rings. The Kier molecular flexibility index (Phi) is 6.76. The van der Waals surface area contributed by atoms with Crippen molar-refractivity contribution in [1.82, 2.24) is 10.2 Å². The third-order valence-corrected chi connectivity index (χ3v) is 6.26. The van der Waals surface area contributed by atoms with E-state index in [9.17, 15) is 13.2 Å². The summed E-state index contributed by atoms with van der Waals surface area (Å²) in [4.78, 5) is 14.8. The van der Waals surface area contributed by atoms with E-state index in [1.54, 1.807) is 36.4 Å². The van der Waals surface area contributed by atoms with E-state index in [0.29, 0.717) is 23.6 Å². The molecule has 1 heterocycles. The Morgan fingerprint density at radius 1 is 1.14 bits per heavy atom. The van der Waals surface area contributed by atoms with E-state index >= 15 is 0 Å². The van der Waals surface area contributed by atoms with E-state index in [1.807, 2.05) is 6.92 Å². The average Bonchev–Trinajstić information content (AvgIpc) is 2.71. The summed E-state index contributed by atoms with van der Waals surface area (Å²) in [6.07, 6.45) is 1.78. The number of anilines is 1. The van der Waals surface area contributed by atoms with Crippen molar-refractivity contribution in [2.24, 2.45) is 0 Å². The number of hydrogen-bond acceptors (Lipinski definition) is 5. The molecule has 156 valence electrons. The molecule has 0 aliphatic carbocycles. The Morgan fingerprint density at radius 3 is 2.48 bits per heavy atom. The van der Waals surface area contributed by atoms with Crippen LogP contribution in [0.3, 0.4) is 0 Å². The SMILES string of the molecule is CCOc1ccc(NS(=O)(=O)c2cccc(C(=O)NC3CCN(C)CC3)c2)cc1. The van der Waals surface area contributed by atoms with Crippen LogP contribution in [0.25, 0.3) is 0 Å². The minimum absolute atomic E-state index is 0.0439. The van der Waals surface area contributed by atoms with Gasteiger partial charge in [0.1, 0.15) is 5.75 Å². The van der Waals surface area contributed by atoms with Crippen LogP contribution >= 0.6 is 0 Å². The normalized spacial score (nSPS) is 15.7. The van der Waals surface area contributed by atoms with Gasteiger partial charge in [0.15, 0.2) is 0 Å². The summed E-state index contributed by atoms with van der Waals surface area (Å²) in [5.74, 6) is 0.417. The van der Waals surface area contributed by atoms with Gasteiger partial charge in [0.2, 0.25) is 0 Å². The number of likely N-dealkylation sites (tertiary alicyclic amines) is 1. The van der Waals surface area contributed by atoms with Gasteiger partial charge >= 0.3 is 0 Å². The molecule has 1 aliphatic rings. The van der Waals surface area contributed by atoms with Crippen LogP contribution in [0, 0.1) is 0 Å². The lowest BCUT2D eigenvalue weighted by Crippen LogP contribution is -2.43. The summed E-state index contributed by atoms with van der Waals surface area (Å²) >= 11 is 0. The van der Waals surface area contributed by atoms with Crippen molar-refractivity contribution in [3.8, 4) is 5.75 Å². The van der Waals surface area contributed by atoms with Crippen LogP contribution in [0.5, 0.6) is 5.75 Å². The van der Waals surface area contributed by atoms with E-state index in [2.05, 4.69) is 22.0 Å². The van der Waals surface area contributed by atoms with E-state index < -0.39 is 10.0 Å². The molecule has 0 saturated carbocycles. The van der Waals surface area contributed by atoms with Crippen LogP contribution in [-0.4, -0.2) is 52.0 Å². The maximum atomic E-state index is 12.7. The van der Waals surface area contributed by atoms with Crippen molar-refractivity contribution in [2.45, 2.75) is 30.7 Å². The van der Waals surface area contributed by atoms with Crippen molar-refractivity contribution >= 4 is 21.6 Å². The highest BCUT2D eigenvalue weighted by molar-refractivity contribution is 7.92. The quantitative estimate of drug-likeness (QED) is 0.723. The highest BCUT2D eigenvalue weighted by Crippen LogP contribution is 2.20. The average molecular weight is 418 g/mol. The zero-order valence-electron chi connectivity index (χ0n) is 16.7. The summed E-state index contributed by atoms with van der Waals surface area (Å²) in [6, 6.07) is 12.9. The first-order valence-corrected chi connectivity index (χ1v) is 11.2. The fraction of sp³-hybridized carbons (Fsp3) is 0.381. The molecule has 1 aliphatic heterocycles. The first-order chi connectivity index (χ1) is 13.9. The van der Waals surface area contributed by atoms with Gasteiger partial charge in [-0.3, -0.25) is 9.52 Å². The van der Waals surface area contributed by atoms with Crippen LogP contribution in [0.1, 0.15) is 30.1 Å². The van der Waals surface area contributed by atoms with Crippen LogP contribution in [0.15, 0.2) is 53.4 Å². The van der Waals surface area contributed by atoms with Crippen LogP contribution in [-0.2, 0) is 10.0 Å². The van der Waals surface area contributed by atoms with E-state index in [1.165, 1.54) is 12.1 Å². The monoisotopic (exact) mass is 417 g/mol. The number of nitrogens with one attached hydrogen (secondary N) is 2. The molecular weight excluding hydrogens is 390 g/mol. The largest absolute Gasteiger partial charge is 0.494 e. The molecule has 29 heavy (non-hydrogen) atoms. The molecule has 2 aromatic rings. The van der Waals surface area contributed by atoms with E-state index in [0.717, 1.165) is 25.9 Å². The van der Waals surface area contributed by atoms with Gasteiger partial charge in [-0.15, -0.1) is 0 Å². The minimum atomic E-state index is -3.81. The van der Waals surface area contributed by atoms with Gasteiger partial charge in [0.05, 0.1) is 11.5 Å². The first-order valence-electron chi connectivity index (χ1n) is 9.72. The van der Waals surface area contributed by atoms with E-state index in [-0.39, 0.29) is 16.8 Å². The van der Waals surface area contributed by atoms with Crippen molar-refractivity contribution in [3.63, 3.8) is 0 Å². The van der Waals surface area contributed by atoms with Gasteiger partial charge < -0.3 is 15.0 Å². The molecule has 1 saturated heterocycles. The van der Waals surface area contributed by atoms with Gasteiger partial charge in [-0.2, -0.15) is 0 Å². The number of ether oxygens (including phenoxy) is 1. The summed E-state index contributed by atoms with van der Waals surface area (Å²) < 4.78 is 33.4. The topological polar surface area (TPSA) is 87.7 Å². The number of nitrogens with zero attached hydrogens (tertiary/aromatic N) is 1. The molecule has 0 bridgehead atoms. The molecule has 8 heteroatoms. The predicted molar refractivity (Wildman–Crippen MR) is 113 cm³/mol. The summed E-state index contributed by atoms with van der Waals surface area (Å²) in [7, 11) is -1.75. The molecule has 0 atom stereocenters. The molecule has 0 unspecified atom stereocenters. The van der Waals surface area contributed by atoms with E-state index in [4.69, 9.17) is 4.74 Å². The summed E-state index contributed by atoms with van der Waals surface area (Å²) in [5, 5.41) is 3.01. The molecule has 2 N–H and O–H groups in total. The van der Waals surface area contributed by atoms with Gasteiger partial charge in [0.25, 0.3) is 15.9 Å². The lowest BCUT2D eigenvalue weighted by molar-refractivity contribution is 0.0916. The van der Waals surface area contributed by atoms with Crippen LogP contribution < -0.4 is 14.8 Å². The van der Waals surface area contributed by atoms with Gasteiger partial charge in [-0.05, 0) is 82.4 Å². The van der Waals surface area contributed by atoms with Crippen molar-refractivity contribution < 1.29 is 17.9 Å². The third kappa shape index (κ3) is 5.71. The molecule has 7 nitrogen and oxygen atoms in total. The third-order valence-electron chi connectivity index (χ3n) is 4.88. The molecular formula is C21H27N3O4S. The second kappa shape index (κ2) is 9.28. The molecule has 0 spiro atoms. The zero-order chi connectivity index (χ0) is 20.9. The highest BCUT2D eigenvalue weighted by atomic mass is 32.2. The summed E-state index contributed by atoms with van der Waals surface area (Å²) in [6.45, 7) is 4.29. The lowest BCUT2D eigenvalue weighted by atomic mass is 10.0. The Hall–Kier alpha value is -2.58. The molecule has 0 radical (unpaired) electrons. The van der Waals surface area contributed by atoms with Crippen LogP contribution in [0.2, 0.25) is 0 Å². The predicted octanol–water partition coefficient (Wildman–Crippen LogP) is 2.71. The number of benzene rings is 2. The van der Waals surface area contributed by atoms with Gasteiger partial charge in [0, 0.05) is 17.3 Å². The molecule has 2 aromatic carbocycles. The van der Waals surface area contributed by atoms with Crippen molar-refractivity contribution in [3.05, 3.63) is 54.1 Å². The van der Waals surface area contributed by atoms with Crippen LogP contribution in [0.4, 0.5) is 5.69 Å². The van der Waals surface area contributed by atoms with Crippen molar-refractivity contribution in [1.29, 1.82) is 0 Å². The smallest absolute Gasteiger partial charge is 0.261 e. The molecule has 0 aromatic heterocycles. The first kappa shape index (κ1) is 21.1. The number of piperidine rings is 1. The number of sulfonamides is 1. The number of hydrogen-bond donors (Lipinski definition) is 2. The molecule has 1 amide bonds. The minimum Gasteiger partial charge on any atom is -0.494 e. The van der Waals surface area contributed by atoms with Crippen molar-refractivity contribution in [2.75, 3.05) is 31.5 Å². The standard InChI is InChI=1S/C21H27N3O4S/c1-3-28-19-9-7-18(8-10-19)23-29(26,27)20-6-4-5-16(15-20)21(25)22-17-11-13-24(2)14-12-17/h4-10,15,17,23H,3,11-14H2,1-2H3,(H,22,25).